The monoisotopic (exact) mass is 344 g/mol. The highest BCUT2D eigenvalue weighted by Gasteiger charge is 2.38. The van der Waals surface area contributed by atoms with Crippen LogP contribution in [0, 0.1) is 5.92 Å². The fourth-order valence-electron chi connectivity index (χ4n) is 3.26. The number of hydrogen-bond donors (Lipinski definition) is 3. The average Bonchev–Trinajstić information content (AvgIpc) is 2.91. The molecular formula is C18H24N4O3. The van der Waals surface area contributed by atoms with Crippen LogP contribution in [0.4, 0.5) is 0 Å². The van der Waals surface area contributed by atoms with Gasteiger partial charge < -0.3 is 16.0 Å². The molecule has 2 heterocycles. The lowest BCUT2D eigenvalue weighted by molar-refractivity contribution is -0.136. The molecule has 3 amide bonds. The van der Waals surface area contributed by atoms with Crippen LogP contribution in [0.1, 0.15) is 41.3 Å². The number of nitrogens with two attached hydrogens (primary N) is 1. The second kappa shape index (κ2) is 7.33. The molecule has 25 heavy (non-hydrogen) atoms. The van der Waals surface area contributed by atoms with Crippen molar-refractivity contribution in [2.75, 3.05) is 13.1 Å². The number of hydrogen-bond acceptors (Lipinski definition) is 5. The van der Waals surface area contributed by atoms with Crippen molar-refractivity contribution in [3.63, 3.8) is 0 Å². The van der Waals surface area contributed by atoms with Crippen molar-refractivity contribution < 1.29 is 14.4 Å². The van der Waals surface area contributed by atoms with E-state index in [9.17, 15) is 14.4 Å². The molecule has 1 saturated heterocycles. The SMILES string of the molecule is C[C@H](CN)CNCc1ccc2c(c1)C(=O)N(C1CCC(=O)NC1=O)C2. The van der Waals surface area contributed by atoms with Crippen LogP contribution in [0.5, 0.6) is 0 Å². The molecule has 1 unspecified atom stereocenters. The summed E-state index contributed by atoms with van der Waals surface area (Å²) in [5.41, 5.74) is 8.21. The maximum absolute atomic E-state index is 12.7. The molecule has 134 valence electrons. The molecule has 4 N–H and O–H groups in total. The molecule has 1 aromatic carbocycles. The van der Waals surface area contributed by atoms with Crippen LogP contribution in [-0.2, 0) is 22.7 Å². The molecule has 7 heteroatoms. The number of carbonyl (C=O) groups is 3. The summed E-state index contributed by atoms with van der Waals surface area (Å²) in [5.74, 6) is -0.388. The highest BCUT2D eigenvalue weighted by molar-refractivity contribution is 6.05. The smallest absolute Gasteiger partial charge is 0.255 e. The van der Waals surface area contributed by atoms with Gasteiger partial charge in [0.25, 0.3) is 5.91 Å². The zero-order valence-corrected chi connectivity index (χ0v) is 14.4. The van der Waals surface area contributed by atoms with E-state index in [-0.39, 0.29) is 24.1 Å². The highest BCUT2D eigenvalue weighted by atomic mass is 16.2. The van der Waals surface area contributed by atoms with Crippen LogP contribution < -0.4 is 16.4 Å². The molecular weight excluding hydrogens is 320 g/mol. The molecule has 0 saturated carbocycles. The summed E-state index contributed by atoms with van der Waals surface area (Å²) in [4.78, 5) is 37.6. The number of piperidine rings is 1. The van der Waals surface area contributed by atoms with Gasteiger partial charge in [0.2, 0.25) is 11.8 Å². The Morgan fingerprint density at radius 3 is 2.88 bits per heavy atom. The standard InChI is InChI=1S/C18H24N4O3/c1-11(7-19)8-20-9-12-2-3-13-10-22(18(25)14(13)6-12)15-4-5-16(23)21-17(15)24/h2-3,6,11,15,20H,4-5,7-10,19H2,1H3,(H,21,23,24)/t11-,15?/m1/s1. The summed E-state index contributed by atoms with van der Waals surface area (Å²) in [7, 11) is 0. The summed E-state index contributed by atoms with van der Waals surface area (Å²) >= 11 is 0. The summed E-state index contributed by atoms with van der Waals surface area (Å²) in [6.07, 6.45) is 0.654. The third-order valence-electron chi connectivity index (χ3n) is 4.82. The first-order chi connectivity index (χ1) is 12.0. The topological polar surface area (TPSA) is 105 Å². The molecule has 0 radical (unpaired) electrons. The van der Waals surface area contributed by atoms with E-state index in [1.165, 1.54) is 0 Å². The maximum Gasteiger partial charge on any atom is 0.255 e. The van der Waals surface area contributed by atoms with E-state index in [4.69, 9.17) is 5.73 Å². The minimum absolute atomic E-state index is 0.137. The van der Waals surface area contributed by atoms with Gasteiger partial charge >= 0.3 is 0 Å². The van der Waals surface area contributed by atoms with Crippen molar-refractivity contribution in [2.45, 2.75) is 38.9 Å². The Bertz CT molecular complexity index is 704. The lowest BCUT2D eigenvalue weighted by Crippen LogP contribution is -2.52. The molecule has 0 bridgehead atoms. The van der Waals surface area contributed by atoms with Gasteiger partial charge in [-0.2, -0.15) is 0 Å². The third kappa shape index (κ3) is 3.72. The molecule has 1 aromatic rings. The van der Waals surface area contributed by atoms with E-state index in [1.54, 1.807) is 4.90 Å². The number of carbonyl (C=O) groups excluding carboxylic acids is 3. The number of benzene rings is 1. The van der Waals surface area contributed by atoms with Gasteiger partial charge in [0.05, 0.1) is 0 Å². The van der Waals surface area contributed by atoms with Crippen molar-refractivity contribution in [3.05, 3.63) is 34.9 Å². The Morgan fingerprint density at radius 2 is 2.16 bits per heavy atom. The van der Waals surface area contributed by atoms with E-state index < -0.39 is 6.04 Å². The molecule has 1 fully saturated rings. The quantitative estimate of drug-likeness (QED) is 0.637. The van der Waals surface area contributed by atoms with E-state index in [1.807, 2.05) is 18.2 Å². The van der Waals surface area contributed by atoms with Crippen LogP contribution in [0.2, 0.25) is 0 Å². The van der Waals surface area contributed by atoms with E-state index in [0.29, 0.717) is 37.5 Å². The van der Waals surface area contributed by atoms with E-state index in [0.717, 1.165) is 17.7 Å². The van der Waals surface area contributed by atoms with Crippen molar-refractivity contribution in [1.82, 2.24) is 15.5 Å². The number of imide groups is 1. The third-order valence-corrected chi connectivity index (χ3v) is 4.82. The minimum Gasteiger partial charge on any atom is -0.330 e. The molecule has 7 nitrogen and oxygen atoms in total. The van der Waals surface area contributed by atoms with Crippen LogP contribution in [-0.4, -0.2) is 41.8 Å². The maximum atomic E-state index is 12.7. The van der Waals surface area contributed by atoms with Gasteiger partial charge in [-0.25, -0.2) is 0 Å². The van der Waals surface area contributed by atoms with E-state index in [2.05, 4.69) is 17.6 Å². The lowest BCUT2D eigenvalue weighted by Gasteiger charge is -2.29. The number of rotatable bonds is 6. The van der Waals surface area contributed by atoms with Crippen molar-refractivity contribution >= 4 is 17.7 Å². The molecule has 0 aromatic heterocycles. The van der Waals surface area contributed by atoms with Gasteiger partial charge in [-0.3, -0.25) is 19.7 Å². The van der Waals surface area contributed by atoms with Crippen LogP contribution >= 0.6 is 0 Å². The largest absolute Gasteiger partial charge is 0.330 e. The Labute approximate surface area is 146 Å². The van der Waals surface area contributed by atoms with E-state index >= 15 is 0 Å². The highest BCUT2D eigenvalue weighted by Crippen LogP contribution is 2.28. The Hall–Kier alpha value is -2.25. The van der Waals surface area contributed by atoms with Crippen molar-refractivity contribution in [2.24, 2.45) is 11.7 Å². The lowest BCUT2D eigenvalue weighted by atomic mass is 10.0. The second-order valence-electron chi connectivity index (χ2n) is 6.86. The summed E-state index contributed by atoms with van der Waals surface area (Å²) in [6.45, 7) is 4.62. The Morgan fingerprint density at radius 1 is 1.36 bits per heavy atom. The first-order valence-corrected chi connectivity index (χ1v) is 8.67. The van der Waals surface area contributed by atoms with Gasteiger partial charge in [0.1, 0.15) is 6.04 Å². The summed E-state index contributed by atoms with van der Waals surface area (Å²) in [6, 6.07) is 5.27. The zero-order valence-electron chi connectivity index (χ0n) is 14.4. The average molecular weight is 344 g/mol. The predicted molar refractivity (Wildman–Crippen MR) is 92.4 cm³/mol. The second-order valence-corrected chi connectivity index (χ2v) is 6.86. The van der Waals surface area contributed by atoms with Crippen molar-refractivity contribution in [3.8, 4) is 0 Å². The molecule has 0 aliphatic carbocycles. The van der Waals surface area contributed by atoms with Gasteiger partial charge in [-0.15, -0.1) is 0 Å². The number of fused-ring (bicyclic) bond motifs is 1. The first kappa shape index (κ1) is 17.6. The number of amides is 3. The van der Waals surface area contributed by atoms with Gasteiger partial charge in [0.15, 0.2) is 0 Å². The van der Waals surface area contributed by atoms with Gasteiger partial charge in [0, 0.05) is 25.1 Å². The Balaban J connectivity index is 1.67. The zero-order chi connectivity index (χ0) is 18.0. The molecule has 3 rings (SSSR count). The Kier molecular flexibility index (Phi) is 5.15. The fourth-order valence-corrected chi connectivity index (χ4v) is 3.26. The van der Waals surface area contributed by atoms with Crippen LogP contribution in [0.3, 0.4) is 0 Å². The molecule has 0 spiro atoms. The first-order valence-electron chi connectivity index (χ1n) is 8.67. The normalized spacial score (nSPS) is 21.3. The number of nitrogens with zero attached hydrogens (tertiary/aromatic N) is 1. The molecule has 2 atom stereocenters. The summed E-state index contributed by atoms with van der Waals surface area (Å²) in [5, 5.41) is 5.66. The molecule has 2 aliphatic heterocycles. The van der Waals surface area contributed by atoms with Crippen LogP contribution in [0.25, 0.3) is 0 Å². The fraction of sp³-hybridized carbons (Fsp3) is 0.500. The van der Waals surface area contributed by atoms with Crippen LogP contribution in [0.15, 0.2) is 18.2 Å². The van der Waals surface area contributed by atoms with Gasteiger partial charge in [-0.1, -0.05) is 19.1 Å². The summed E-state index contributed by atoms with van der Waals surface area (Å²) < 4.78 is 0. The molecule has 2 aliphatic rings. The van der Waals surface area contributed by atoms with Gasteiger partial charge in [-0.05, 0) is 42.6 Å². The van der Waals surface area contributed by atoms with Crippen molar-refractivity contribution in [1.29, 1.82) is 0 Å². The predicted octanol–water partition coefficient (Wildman–Crippen LogP) is 0.132. The minimum atomic E-state index is -0.565. The number of nitrogens with one attached hydrogen (secondary N) is 2.